The summed E-state index contributed by atoms with van der Waals surface area (Å²) in [6.07, 6.45) is 0.946. The van der Waals surface area contributed by atoms with E-state index in [1.165, 1.54) is 17.2 Å². The molecule has 2 aromatic rings. The number of benzene rings is 2. The van der Waals surface area contributed by atoms with E-state index in [0.29, 0.717) is 12.5 Å². The third-order valence-corrected chi connectivity index (χ3v) is 5.20. The van der Waals surface area contributed by atoms with Crippen molar-refractivity contribution in [3.63, 3.8) is 0 Å². The van der Waals surface area contributed by atoms with Crippen LogP contribution >= 0.6 is 0 Å². The summed E-state index contributed by atoms with van der Waals surface area (Å²) >= 11 is 0. The average molecular weight is 418 g/mol. The van der Waals surface area contributed by atoms with E-state index < -0.39 is 11.6 Å². The number of fused-ring (bicyclic) bond motifs is 1. The number of halogens is 2. The highest BCUT2D eigenvalue weighted by Crippen LogP contribution is 2.33. The molecule has 0 aromatic heterocycles. The molecule has 162 valence electrons. The van der Waals surface area contributed by atoms with Gasteiger partial charge in [-0.3, -0.25) is 9.89 Å². The van der Waals surface area contributed by atoms with E-state index in [4.69, 9.17) is 9.47 Å². The van der Waals surface area contributed by atoms with Crippen molar-refractivity contribution in [3.8, 4) is 11.5 Å². The smallest absolute Gasteiger partial charge is 0.191 e. The van der Waals surface area contributed by atoms with Gasteiger partial charge in [0.1, 0.15) is 11.6 Å². The summed E-state index contributed by atoms with van der Waals surface area (Å²) in [7, 11) is 4.94. The summed E-state index contributed by atoms with van der Waals surface area (Å²) in [4.78, 5) is 6.49. The van der Waals surface area contributed by atoms with Crippen LogP contribution in [-0.4, -0.2) is 51.8 Å². The van der Waals surface area contributed by atoms with Crippen molar-refractivity contribution >= 4 is 5.96 Å². The maximum atomic E-state index is 13.8. The topological polar surface area (TPSA) is 58.1 Å². The number of methoxy groups -OCH3 is 2. The van der Waals surface area contributed by atoms with E-state index in [2.05, 4.69) is 26.6 Å². The number of nitrogens with zero attached hydrogens (tertiary/aromatic N) is 2. The number of guanidine groups is 1. The predicted octanol–water partition coefficient (Wildman–Crippen LogP) is 2.71. The highest BCUT2D eigenvalue weighted by atomic mass is 19.1. The average Bonchev–Trinajstić information content (AvgIpc) is 2.77. The first kappa shape index (κ1) is 21.8. The first-order valence-corrected chi connectivity index (χ1v) is 9.88. The van der Waals surface area contributed by atoms with Crippen molar-refractivity contribution < 1.29 is 18.3 Å². The Morgan fingerprint density at radius 3 is 2.50 bits per heavy atom. The van der Waals surface area contributed by atoms with Crippen molar-refractivity contribution in [1.82, 2.24) is 15.5 Å². The second kappa shape index (κ2) is 10.2. The van der Waals surface area contributed by atoms with Crippen molar-refractivity contribution in [3.05, 3.63) is 58.7 Å². The molecule has 0 unspecified atom stereocenters. The number of aliphatic imine (C=N–C) groups is 1. The summed E-state index contributed by atoms with van der Waals surface area (Å²) in [5.74, 6) is 1.14. The first-order valence-electron chi connectivity index (χ1n) is 9.88. The first-order chi connectivity index (χ1) is 14.5. The van der Waals surface area contributed by atoms with Crippen LogP contribution in [-0.2, 0) is 19.5 Å². The predicted molar refractivity (Wildman–Crippen MR) is 113 cm³/mol. The molecule has 3 rings (SSSR count). The molecule has 0 bridgehead atoms. The van der Waals surface area contributed by atoms with Crippen LogP contribution in [0.2, 0.25) is 0 Å². The molecule has 0 atom stereocenters. The van der Waals surface area contributed by atoms with E-state index in [1.807, 2.05) is 6.07 Å². The van der Waals surface area contributed by atoms with Crippen LogP contribution in [0.5, 0.6) is 11.5 Å². The summed E-state index contributed by atoms with van der Waals surface area (Å²) in [5, 5.41) is 6.24. The van der Waals surface area contributed by atoms with Crippen molar-refractivity contribution in [2.24, 2.45) is 4.99 Å². The zero-order valence-corrected chi connectivity index (χ0v) is 17.6. The number of ether oxygens (including phenoxy) is 2. The molecule has 8 heteroatoms. The van der Waals surface area contributed by atoms with E-state index in [9.17, 15) is 8.78 Å². The summed E-state index contributed by atoms with van der Waals surface area (Å²) in [5.41, 5.74) is 2.78. The van der Waals surface area contributed by atoms with Gasteiger partial charge in [0.25, 0.3) is 0 Å². The molecular weight excluding hydrogens is 390 g/mol. The highest BCUT2D eigenvalue weighted by Gasteiger charge is 2.19. The van der Waals surface area contributed by atoms with Gasteiger partial charge in [-0.1, -0.05) is 0 Å². The molecule has 2 aromatic carbocycles. The molecule has 0 radical (unpaired) electrons. The number of hydrogen-bond donors (Lipinski definition) is 2. The lowest BCUT2D eigenvalue weighted by Crippen LogP contribution is -2.42. The van der Waals surface area contributed by atoms with Gasteiger partial charge >= 0.3 is 0 Å². The molecule has 1 aliphatic heterocycles. The quantitative estimate of drug-likeness (QED) is 0.535. The van der Waals surface area contributed by atoms with E-state index in [0.717, 1.165) is 49.7 Å². The Morgan fingerprint density at radius 1 is 1.07 bits per heavy atom. The fraction of sp³-hybridized carbons (Fsp3) is 0.409. The Kier molecular flexibility index (Phi) is 7.46. The van der Waals surface area contributed by atoms with Crippen molar-refractivity contribution in [1.29, 1.82) is 0 Å². The minimum atomic E-state index is -0.462. The van der Waals surface area contributed by atoms with E-state index in [1.54, 1.807) is 21.3 Å². The second-order valence-corrected chi connectivity index (χ2v) is 7.09. The highest BCUT2D eigenvalue weighted by molar-refractivity contribution is 5.79. The van der Waals surface area contributed by atoms with Gasteiger partial charge in [-0.25, -0.2) is 8.78 Å². The molecule has 1 aliphatic rings. The van der Waals surface area contributed by atoms with E-state index >= 15 is 0 Å². The van der Waals surface area contributed by atoms with Crippen LogP contribution in [0.15, 0.2) is 35.3 Å². The Balaban J connectivity index is 1.49. The summed E-state index contributed by atoms with van der Waals surface area (Å²) in [6, 6.07) is 7.52. The minimum absolute atomic E-state index is 0.155. The molecule has 0 saturated heterocycles. The SMILES string of the molecule is CN=C(NCCN1CCc2cc(OC)c(OC)cc2C1)NCc1cc(F)ccc1F. The number of rotatable bonds is 7. The number of nitrogens with one attached hydrogen (secondary N) is 2. The zero-order valence-electron chi connectivity index (χ0n) is 17.6. The third kappa shape index (κ3) is 5.38. The molecule has 0 spiro atoms. The zero-order chi connectivity index (χ0) is 21.5. The van der Waals surface area contributed by atoms with Crippen LogP contribution < -0.4 is 20.1 Å². The molecule has 6 nitrogen and oxygen atoms in total. The maximum Gasteiger partial charge on any atom is 0.191 e. The van der Waals surface area contributed by atoms with Gasteiger partial charge in [-0.15, -0.1) is 0 Å². The molecule has 30 heavy (non-hydrogen) atoms. The van der Waals surface area contributed by atoms with Gasteiger partial charge in [0.2, 0.25) is 0 Å². The summed E-state index contributed by atoms with van der Waals surface area (Å²) in [6.45, 7) is 3.43. The Bertz CT molecular complexity index is 905. The Labute approximate surface area is 175 Å². The molecule has 0 amide bonds. The Hall–Kier alpha value is -2.87. The second-order valence-electron chi connectivity index (χ2n) is 7.09. The third-order valence-electron chi connectivity index (χ3n) is 5.20. The maximum absolute atomic E-state index is 13.8. The lowest BCUT2D eigenvalue weighted by atomic mass is 9.99. The lowest BCUT2D eigenvalue weighted by molar-refractivity contribution is 0.256. The number of hydrogen-bond acceptors (Lipinski definition) is 4. The molecular formula is C22H28F2N4O2. The minimum Gasteiger partial charge on any atom is -0.493 e. The molecule has 0 aliphatic carbocycles. The van der Waals surface area contributed by atoms with Gasteiger partial charge in [0, 0.05) is 45.3 Å². The normalized spacial score (nSPS) is 14.2. The van der Waals surface area contributed by atoms with Crippen molar-refractivity contribution in [2.45, 2.75) is 19.5 Å². The molecule has 2 N–H and O–H groups in total. The molecule has 0 saturated carbocycles. The van der Waals surface area contributed by atoms with Crippen LogP contribution in [0.3, 0.4) is 0 Å². The van der Waals surface area contributed by atoms with Gasteiger partial charge in [0.15, 0.2) is 17.5 Å². The van der Waals surface area contributed by atoms with Crippen molar-refractivity contribution in [2.75, 3.05) is 40.9 Å². The molecule has 0 fully saturated rings. The van der Waals surface area contributed by atoms with Gasteiger partial charge in [-0.2, -0.15) is 0 Å². The van der Waals surface area contributed by atoms with E-state index in [-0.39, 0.29) is 12.1 Å². The Morgan fingerprint density at radius 2 is 1.80 bits per heavy atom. The van der Waals surface area contributed by atoms with Gasteiger partial charge in [0.05, 0.1) is 14.2 Å². The van der Waals surface area contributed by atoms with Crippen LogP contribution in [0.1, 0.15) is 16.7 Å². The van der Waals surface area contributed by atoms with Crippen LogP contribution in [0.25, 0.3) is 0 Å². The van der Waals surface area contributed by atoms with Gasteiger partial charge in [-0.05, 0) is 47.9 Å². The molecule has 1 heterocycles. The fourth-order valence-electron chi connectivity index (χ4n) is 3.54. The van der Waals surface area contributed by atoms with Crippen LogP contribution in [0.4, 0.5) is 8.78 Å². The van der Waals surface area contributed by atoms with Gasteiger partial charge < -0.3 is 20.1 Å². The summed E-state index contributed by atoms with van der Waals surface area (Å²) < 4.78 is 37.9. The monoisotopic (exact) mass is 418 g/mol. The standard InChI is InChI=1S/C22H28F2N4O2/c1-25-22(27-13-16-10-18(23)4-5-19(16)24)26-7-9-28-8-6-15-11-20(29-2)21(30-3)12-17(15)14-28/h4-5,10-12H,6-9,13-14H2,1-3H3,(H2,25,26,27). The lowest BCUT2D eigenvalue weighted by Gasteiger charge is -2.29. The fourth-order valence-corrected chi connectivity index (χ4v) is 3.54. The van der Waals surface area contributed by atoms with Crippen LogP contribution in [0, 0.1) is 11.6 Å². The largest absolute Gasteiger partial charge is 0.493 e.